The summed E-state index contributed by atoms with van der Waals surface area (Å²) in [7, 11) is 4.00. The third-order valence-electron chi connectivity index (χ3n) is 4.04. The van der Waals surface area contributed by atoms with E-state index in [1.54, 1.807) is 0 Å². The van der Waals surface area contributed by atoms with Crippen LogP contribution in [0.15, 0.2) is 35.9 Å². The summed E-state index contributed by atoms with van der Waals surface area (Å²) in [6.07, 6.45) is 10.3. The van der Waals surface area contributed by atoms with E-state index in [0.29, 0.717) is 6.67 Å². The van der Waals surface area contributed by atoms with Crippen molar-refractivity contribution in [1.82, 2.24) is 4.90 Å². The topological polar surface area (TPSA) is 23.6 Å². The van der Waals surface area contributed by atoms with Gasteiger partial charge in [-0.1, -0.05) is 44.9 Å². The maximum absolute atomic E-state index is 10.7. The summed E-state index contributed by atoms with van der Waals surface area (Å²) in [6.45, 7) is 6.77. The van der Waals surface area contributed by atoms with Gasteiger partial charge in [-0.2, -0.15) is 0 Å². The Labute approximate surface area is 152 Å². The molecule has 4 heteroatoms. The molecule has 0 radical (unpaired) electrons. The van der Waals surface area contributed by atoms with Crippen molar-refractivity contribution in [2.75, 3.05) is 25.7 Å². The SMILES string of the molecule is C=C(S)N(C)CN(C)c1cc(CCCCCC)ccc1/C=C\C=O. The fourth-order valence-electron chi connectivity index (χ4n) is 2.59. The number of carbonyl (C=O) groups is 1. The van der Waals surface area contributed by atoms with Crippen molar-refractivity contribution in [2.24, 2.45) is 0 Å². The molecule has 0 aromatic heterocycles. The fraction of sp³-hybridized carbons (Fsp3) is 0.450. The number of rotatable bonds is 11. The molecule has 0 saturated heterocycles. The first-order valence-corrected chi connectivity index (χ1v) is 8.99. The zero-order valence-electron chi connectivity index (χ0n) is 15.2. The first-order chi connectivity index (χ1) is 11.5. The third-order valence-corrected chi connectivity index (χ3v) is 4.39. The molecule has 132 valence electrons. The lowest BCUT2D eigenvalue weighted by Gasteiger charge is -2.28. The first kappa shape index (κ1) is 20.4. The van der Waals surface area contributed by atoms with E-state index in [1.807, 2.05) is 25.1 Å². The molecule has 0 spiro atoms. The standard InChI is InChI=1S/C20H30N2OS/c1-5-6-7-8-10-18-12-13-19(11-9-14-23)20(15-18)22(4)16-21(3)17(2)24/h9,11-15,24H,2,5-8,10,16H2,1,3-4H3/b11-9-. The minimum atomic E-state index is 0.684. The lowest BCUT2D eigenvalue weighted by molar-refractivity contribution is -0.104. The molecule has 0 fully saturated rings. The summed E-state index contributed by atoms with van der Waals surface area (Å²) in [5.41, 5.74) is 3.49. The van der Waals surface area contributed by atoms with Gasteiger partial charge in [0.2, 0.25) is 0 Å². The van der Waals surface area contributed by atoms with Gasteiger partial charge in [-0.3, -0.25) is 4.79 Å². The number of hydrogen-bond donors (Lipinski definition) is 1. The normalized spacial score (nSPS) is 10.8. The maximum Gasteiger partial charge on any atom is 0.142 e. The van der Waals surface area contributed by atoms with Crippen molar-refractivity contribution < 1.29 is 4.79 Å². The molecule has 1 aromatic rings. The number of aryl methyl sites for hydroxylation is 1. The molecular weight excluding hydrogens is 316 g/mol. The van der Waals surface area contributed by atoms with E-state index in [0.717, 1.165) is 29.0 Å². The number of carbonyl (C=O) groups excluding carboxylic acids is 1. The number of allylic oxidation sites excluding steroid dienone is 1. The highest BCUT2D eigenvalue weighted by Crippen LogP contribution is 2.24. The van der Waals surface area contributed by atoms with Gasteiger partial charge in [0.1, 0.15) is 6.29 Å². The van der Waals surface area contributed by atoms with Gasteiger partial charge in [0.25, 0.3) is 0 Å². The highest BCUT2D eigenvalue weighted by molar-refractivity contribution is 7.84. The van der Waals surface area contributed by atoms with Crippen molar-refractivity contribution in [1.29, 1.82) is 0 Å². The van der Waals surface area contributed by atoms with Crippen LogP contribution >= 0.6 is 12.6 Å². The number of aldehydes is 1. The highest BCUT2D eigenvalue weighted by atomic mass is 32.1. The predicted octanol–water partition coefficient (Wildman–Crippen LogP) is 4.75. The lowest BCUT2D eigenvalue weighted by Crippen LogP contribution is -2.31. The van der Waals surface area contributed by atoms with Gasteiger partial charge in [-0.25, -0.2) is 0 Å². The second-order valence-corrected chi connectivity index (χ2v) is 6.67. The zero-order chi connectivity index (χ0) is 17.9. The van der Waals surface area contributed by atoms with Crippen LogP contribution in [0.2, 0.25) is 0 Å². The summed E-state index contributed by atoms with van der Waals surface area (Å²) < 4.78 is 0. The Bertz CT molecular complexity index is 569. The van der Waals surface area contributed by atoms with Crippen LogP contribution in [0.1, 0.15) is 43.7 Å². The molecule has 0 aliphatic carbocycles. The average molecular weight is 347 g/mol. The van der Waals surface area contributed by atoms with Crippen molar-refractivity contribution in [3.8, 4) is 0 Å². The molecule has 0 saturated carbocycles. The van der Waals surface area contributed by atoms with Crippen LogP contribution in [0.3, 0.4) is 0 Å². The second-order valence-electron chi connectivity index (χ2n) is 6.15. The number of hydrogen-bond acceptors (Lipinski definition) is 4. The fourth-order valence-corrected chi connectivity index (χ4v) is 2.65. The molecule has 1 rings (SSSR count). The van der Waals surface area contributed by atoms with Gasteiger partial charge < -0.3 is 9.80 Å². The smallest absolute Gasteiger partial charge is 0.142 e. The number of anilines is 1. The van der Waals surface area contributed by atoms with Crippen LogP contribution < -0.4 is 4.90 Å². The molecule has 0 bridgehead atoms. The van der Waals surface area contributed by atoms with Gasteiger partial charge in [0.15, 0.2) is 0 Å². The van der Waals surface area contributed by atoms with Crippen LogP contribution in [-0.4, -0.2) is 32.0 Å². The van der Waals surface area contributed by atoms with E-state index in [2.05, 4.69) is 49.2 Å². The van der Waals surface area contributed by atoms with E-state index < -0.39 is 0 Å². The van der Waals surface area contributed by atoms with E-state index in [-0.39, 0.29) is 0 Å². The van der Waals surface area contributed by atoms with Crippen LogP contribution in [0.4, 0.5) is 5.69 Å². The molecule has 0 heterocycles. The summed E-state index contributed by atoms with van der Waals surface area (Å²) in [4.78, 5) is 14.8. The van der Waals surface area contributed by atoms with E-state index in [1.165, 1.54) is 37.3 Å². The molecule has 1 aromatic carbocycles. The Morgan fingerprint density at radius 1 is 1.25 bits per heavy atom. The van der Waals surface area contributed by atoms with E-state index in [4.69, 9.17) is 0 Å². The Morgan fingerprint density at radius 2 is 2.00 bits per heavy atom. The molecule has 24 heavy (non-hydrogen) atoms. The number of thiol groups is 1. The van der Waals surface area contributed by atoms with E-state index in [9.17, 15) is 4.79 Å². The van der Waals surface area contributed by atoms with Crippen molar-refractivity contribution in [3.63, 3.8) is 0 Å². The average Bonchev–Trinajstić information content (AvgIpc) is 2.57. The minimum Gasteiger partial charge on any atom is -0.356 e. The van der Waals surface area contributed by atoms with Gasteiger partial charge in [0, 0.05) is 19.8 Å². The first-order valence-electron chi connectivity index (χ1n) is 8.54. The largest absolute Gasteiger partial charge is 0.356 e. The summed E-state index contributed by atoms with van der Waals surface area (Å²) in [6, 6.07) is 6.48. The zero-order valence-corrected chi connectivity index (χ0v) is 16.1. The Hall–Kier alpha value is -1.68. The monoisotopic (exact) mass is 346 g/mol. The quantitative estimate of drug-likeness (QED) is 0.206. The van der Waals surface area contributed by atoms with Crippen LogP contribution in [0, 0.1) is 0 Å². The molecule has 0 aliphatic heterocycles. The molecular formula is C20H30N2OS. The third kappa shape index (κ3) is 6.83. The molecule has 0 atom stereocenters. The number of unbranched alkanes of at least 4 members (excludes halogenated alkanes) is 3. The Morgan fingerprint density at radius 3 is 2.62 bits per heavy atom. The van der Waals surface area contributed by atoms with Crippen molar-refractivity contribution in [3.05, 3.63) is 47.0 Å². The summed E-state index contributed by atoms with van der Waals surface area (Å²) in [5, 5.41) is 0.725. The summed E-state index contributed by atoms with van der Waals surface area (Å²) in [5.74, 6) is 0. The molecule has 0 unspecified atom stereocenters. The second kappa shape index (κ2) is 11.0. The molecule has 0 aliphatic rings. The van der Waals surface area contributed by atoms with Crippen LogP contribution in [0.25, 0.3) is 6.08 Å². The van der Waals surface area contributed by atoms with Crippen molar-refractivity contribution in [2.45, 2.75) is 39.0 Å². The summed E-state index contributed by atoms with van der Waals surface area (Å²) >= 11 is 4.29. The van der Waals surface area contributed by atoms with Gasteiger partial charge in [-0.05, 0) is 42.2 Å². The Kier molecular flexibility index (Phi) is 9.31. The van der Waals surface area contributed by atoms with Gasteiger partial charge >= 0.3 is 0 Å². The lowest BCUT2D eigenvalue weighted by atomic mass is 10.0. The number of benzene rings is 1. The molecule has 0 amide bonds. The predicted molar refractivity (Wildman–Crippen MR) is 109 cm³/mol. The highest BCUT2D eigenvalue weighted by Gasteiger charge is 2.09. The van der Waals surface area contributed by atoms with Crippen molar-refractivity contribution >= 4 is 30.7 Å². The van der Waals surface area contributed by atoms with Gasteiger partial charge in [-0.15, -0.1) is 12.6 Å². The van der Waals surface area contributed by atoms with Gasteiger partial charge in [0.05, 0.1) is 11.7 Å². The molecule has 0 N–H and O–H groups in total. The maximum atomic E-state index is 10.7. The van der Waals surface area contributed by atoms with Crippen LogP contribution in [-0.2, 0) is 11.2 Å². The van der Waals surface area contributed by atoms with Crippen LogP contribution in [0.5, 0.6) is 0 Å². The minimum absolute atomic E-state index is 0.684. The molecule has 3 nitrogen and oxygen atoms in total. The number of nitrogens with zero attached hydrogens (tertiary/aromatic N) is 2. The Balaban J connectivity index is 2.95. The van der Waals surface area contributed by atoms with E-state index >= 15 is 0 Å².